The maximum atomic E-state index is 13.2. The molecule has 1 saturated heterocycles. The summed E-state index contributed by atoms with van der Waals surface area (Å²) in [6.07, 6.45) is 4.16. The Hall–Kier alpha value is -2.77. The van der Waals surface area contributed by atoms with Gasteiger partial charge in [-0.3, -0.25) is 9.78 Å². The molecule has 0 radical (unpaired) electrons. The summed E-state index contributed by atoms with van der Waals surface area (Å²) in [5, 5.41) is 9.30. The summed E-state index contributed by atoms with van der Waals surface area (Å²) in [7, 11) is 0. The van der Waals surface area contributed by atoms with Crippen LogP contribution in [0, 0.1) is 5.92 Å². The quantitative estimate of drug-likeness (QED) is 0.702. The van der Waals surface area contributed by atoms with Crippen LogP contribution in [0.3, 0.4) is 0 Å². The van der Waals surface area contributed by atoms with E-state index in [0.717, 1.165) is 35.9 Å². The van der Waals surface area contributed by atoms with Crippen LogP contribution in [0.25, 0.3) is 11.3 Å². The van der Waals surface area contributed by atoms with Crippen molar-refractivity contribution < 1.29 is 23.4 Å². The van der Waals surface area contributed by atoms with Crippen LogP contribution in [-0.4, -0.2) is 46.7 Å². The van der Waals surface area contributed by atoms with Gasteiger partial charge in [-0.05, 0) is 56.4 Å². The van der Waals surface area contributed by atoms with Crippen LogP contribution in [0.2, 0.25) is 0 Å². The Morgan fingerprint density at radius 2 is 2.10 bits per heavy atom. The zero-order valence-electron chi connectivity index (χ0n) is 17.6. The Labute approximate surface area is 180 Å². The smallest absolute Gasteiger partial charge is 0.306 e. The van der Waals surface area contributed by atoms with Gasteiger partial charge in [-0.15, -0.1) is 0 Å². The van der Waals surface area contributed by atoms with E-state index in [1.54, 1.807) is 6.20 Å². The molecule has 2 aliphatic heterocycles. The molecule has 2 aromatic rings. The molecule has 0 bridgehead atoms. The molecule has 6 nitrogen and oxygen atoms in total. The van der Waals surface area contributed by atoms with Crippen molar-refractivity contribution in [3.05, 3.63) is 35.7 Å². The monoisotopic (exact) mass is 431 g/mol. The lowest BCUT2D eigenvalue weighted by Gasteiger charge is -2.32. The van der Waals surface area contributed by atoms with E-state index >= 15 is 0 Å². The Morgan fingerprint density at radius 1 is 1.32 bits per heavy atom. The van der Waals surface area contributed by atoms with Crippen molar-refractivity contribution in [2.45, 2.75) is 51.4 Å². The molecule has 0 spiro atoms. The van der Waals surface area contributed by atoms with E-state index in [1.807, 2.05) is 12.1 Å². The van der Waals surface area contributed by atoms with Gasteiger partial charge in [0.05, 0.1) is 18.2 Å². The molecule has 0 saturated carbocycles. The predicted octanol–water partition coefficient (Wildman–Crippen LogP) is 4.36. The average Bonchev–Trinajstić information content (AvgIpc) is 3.21. The normalized spacial score (nSPS) is 16.8. The minimum absolute atomic E-state index is 0.194. The Morgan fingerprint density at radius 3 is 2.81 bits per heavy atom. The number of carboxylic acids is 1. The average molecular weight is 431 g/mol. The van der Waals surface area contributed by atoms with Gasteiger partial charge in [0.2, 0.25) is 5.92 Å². The summed E-state index contributed by atoms with van der Waals surface area (Å²) in [6.45, 7) is 2.74. The number of aliphatic carboxylic acids is 1. The number of halogens is 2. The molecule has 2 aliphatic rings. The molecule has 3 heterocycles. The third kappa shape index (κ3) is 5.11. The van der Waals surface area contributed by atoms with E-state index in [2.05, 4.69) is 16.0 Å². The van der Waals surface area contributed by atoms with Crippen molar-refractivity contribution in [1.82, 2.24) is 9.97 Å². The van der Waals surface area contributed by atoms with Crippen LogP contribution in [0.1, 0.15) is 43.9 Å². The molecule has 166 valence electrons. The van der Waals surface area contributed by atoms with Crippen LogP contribution in [-0.2, 0) is 17.6 Å². The van der Waals surface area contributed by atoms with Crippen LogP contribution in [0.15, 0.2) is 24.4 Å². The second-order valence-corrected chi connectivity index (χ2v) is 8.48. The van der Waals surface area contributed by atoms with Crippen molar-refractivity contribution in [2.24, 2.45) is 5.92 Å². The van der Waals surface area contributed by atoms with Crippen molar-refractivity contribution in [3.8, 4) is 17.0 Å². The lowest BCUT2D eigenvalue weighted by Crippen LogP contribution is -2.37. The minimum atomic E-state index is -2.69. The van der Waals surface area contributed by atoms with E-state index in [1.165, 1.54) is 0 Å². The number of ether oxygens (including phenoxy) is 1. The largest absolute Gasteiger partial charge is 0.493 e. The van der Waals surface area contributed by atoms with Crippen LogP contribution in [0.4, 0.5) is 14.6 Å². The highest BCUT2D eigenvalue weighted by Gasteiger charge is 2.28. The number of carbonyl (C=O) groups is 1. The molecule has 4 rings (SSSR count). The lowest BCUT2D eigenvalue weighted by molar-refractivity contribution is -0.142. The van der Waals surface area contributed by atoms with E-state index < -0.39 is 11.9 Å². The van der Waals surface area contributed by atoms with E-state index in [-0.39, 0.29) is 12.3 Å². The lowest BCUT2D eigenvalue weighted by atomic mass is 9.96. The first-order chi connectivity index (χ1) is 14.8. The van der Waals surface area contributed by atoms with Crippen LogP contribution in [0.5, 0.6) is 5.75 Å². The number of aryl methyl sites for hydroxylation is 1. The molecule has 8 heteroatoms. The van der Waals surface area contributed by atoms with Gasteiger partial charge in [-0.25, -0.2) is 13.8 Å². The zero-order valence-corrected chi connectivity index (χ0v) is 17.6. The molecule has 0 amide bonds. The number of nitrogens with zero attached hydrogens (tertiary/aromatic N) is 3. The van der Waals surface area contributed by atoms with Crippen LogP contribution < -0.4 is 9.64 Å². The fraction of sp³-hybridized carbons (Fsp3) is 0.522. The van der Waals surface area contributed by atoms with Crippen molar-refractivity contribution in [2.75, 3.05) is 24.6 Å². The van der Waals surface area contributed by atoms with Crippen LogP contribution >= 0.6 is 0 Å². The third-order valence-corrected chi connectivity index (χ3v) is 5.96. The van der Waals surface area contributed by atoms with Gasteiger partial charge in [-0.1, -0.05) is 0 Å². The number of aromatic nitrogens is 2. The Balaban J connectivity index is 1.61. The highest BCUT2D eigenvalue weighted by molar-refractivity contribution is 5.74. The topological polar surface area (TPSA) is 75.5 Å². The highest BCUT2D eigenvalue weighted by Crippen LogP contribution is 2.35. The first-order valence-corrected chi connectivity index (χ1v) is 10.8. The highest BCUT2D eigenvalue weighted by atomic mass is 19.3. The zero-order chi connectivity index (χ0) is 22.0. The van der Waals surface area contributed by atoms with Gasteiger partial charge in [0.25, 0.3) is 0 Å². The number of carboxylic acid groups (broad SMARTS) is 1. The summed E-state index contributed by atoms with van der Waals surface area (Å²) >= 11 is 0. The van der Waals surface area contributed by atoms with E-state index in [0.29, 0.717) is 56.9 Å². The van der Waals surface area contributed by atoms with E-state index in [9.17, 15) is 18.7 Å². The maximum Gasteiger partial charge on any atom is 0.306 e. The summed E-state index contributed by atoms with van der Waals surface area (Å²) in [4.78, 5) is 22.9. The first-order valence-electron chi connectivity index (χ1n) is 10.8. The predicted molar refractivity (Wildman–Crippen MR) is 113 cm³/mol. The SMILES string of the molecule is CC(F)(F)CCCc1cnc(-c2ccc3c(c2)CCO3)c(N2CCC(C(=O)O)CC2)n1. The number of fused-ring (bicyclic) bond motifs is 1. The molecule has 1 aromatic carbocycles. The van der Waals surface area contributed by atoms with Crippen molar-refractivity contribution in [3.63, 3.8) is 0 Å². The number of benzene rings is 1. The summed E-state index contributed by atoms with van der Waals surface area (Å²) in [5.74, 6) is -2.22. The van der Waals surface area contributed by atoms with Crippen molar-refractivity contribution >= 4 is 11.8 Å². The maximum absolute atomic E-state index is 13.2. The molecular formula is C23H27F2N3O3. The van der Waals surface area contributed by atoms with Gasteiger partial charge < -0.3 is 14.7 Å². The minimum Gasteiger partial charge on any atom is -0.493 e. The molecule has 1 N–H and O–H groups in total. The van der Waals surface area contributed by atoms with Gasteiger partial charge in [0.15, 0.2) is 5.82 Å². The number of hydrogen-bond donors (Lipinski definition) is 1. The first kappa shape index (κ1) is 21.5. The van der Waals surface area contributed by atoms with Gasteiger partial charge in [0.1, 0.15) is 11.4 Å². The second kappa shape index (κ2) is 8.77. The van der Waals surface area contributed by atoms with Gasteiger partial charge in [-0.2, -0.15) is 0 Å². The molecule has 0 aliphatic carbocycles. The van der Waals surface area contributed by atoms with E-state index in [4.69, 9.17) is 9.72 Å². The number of piperidine rings is 1. The fourth-order valence-electron chi connectivity index (χ4n) is 4.21. The number of alkyl halides is 2. The number of anilines is 1. The standard InChI is InChI=1S/C23H27F2N3O3/c1-23(24,25)9-2-3-18-14-26-20(17-4-5-19-16(13-17)8-12-31-19)21(27-18)28-10-6-15(7-11-28)22(29)30/h4-5,13-15H,2-3,6-12H2,1H3,(H,29,30). The Bertz CT molecular complexity index is 954. The van der Waals surface area contributed by atoms with Crippen molar-refractivity contribution in [1.29, 1.82) is 0 Å². The summed E-state index contributed by atoms with van der Waals surface area (Å²) in [5.41, 5.74) is 3.46. The van der Waals surface area contributed by atoms with Gasteiger partial charge >= 0.3 is 5.97 Å². The van der Waals surface area contributed by atoms with Gasteiger partial charge in [0, 0.05) is 37.7 Å². The third-order valence-electron chi connectivity index (χ3n) is 5.96. The second-order valence-electron chi connectivity index (χ2n) is 8.48. The molecule has 0 atom stereocenters. The molecular weight excluding hydrogens is 404 g/mol. The molecule has 1 fully saturated rings. The fourth-order valence-corrected chi connectivity index (χ4v) is 4.21. The number of hydrogen-bond acceptors (Lipinski definition) is 5. The molecule has 31 heavy (non-hydrogen) atoms. The Kier molecular flexibility index (Phi) is 6.07. The summed E-state index contributed by atoms with van der Waals surface area (Å²) < 4.78 is 32.0. The summed E-state index contributed by atoms with van der Waals surface area (Å²) in [6, 6.07) is 5.97. The molecule has 0 unspecified atom stereocenters. The molecule has 1 aromatic heterocycles. The number of rotatable bonds is 7.